The topological polar surface area (TPSA) is 65.1 Å². The highest BCUT2D eigenvalue weighted by Gasteiger charge is 2.43. The number of ether oxygens (including phenoxy) is 1. The van der Waals surface area contributed by atoms with Crippen molar-refractivity contribution in [3.63, 3.8) is 0 Å². The molecule has 1 aromatic rings. The summed E-state index contributed by atoms with van der Waals surface area (Å²) >= 11 is 0. The van der Waals surface area contributed by atoms with Gasteiger partial charge in [-0.3, -0.25) is 10.5 Å². The fourth-order valence-corrected chi connectivity index (χ4v) is 3.23. The fourth-order valence-electron chi connectivity index (χ4n) is 3.23. The van der Waals surface area contributed by atoms with Gasteiger partial charge in [-0.1, -0.05) is 6.92 Å². The van der Waals surface area contributed by atoms with Crippen molar-refractivity contribution in [2.75, 3.05) is 6.61 Å². The van der Waals surface area contributed by atoms with Crippen molar-refractivity contribution in [3.8, 4) is 0 Å². The Morgan fingerprint density at radius 1 is 1.58 bits per heavy atom. The minimum Gasteiger partial charge on any atom is -0.373 e. The van der Waals surface area contributed by atoms with Gasteiger partial charge in [0.1, 0.15) is 0 Å². The molecule has 5 nitrogen and oxygen atoms in total. The lowest BCUT2D eigenvalue weighted by Gasteiger charge is -2.44. The van der Waals surface area contributed by atoms with E-state index in [0.29, 0.717) is 6.61 Å². The number of rotatable bonds is 5. The molecule has 0 saturated heterocycles. The Morgan fingerprint density at radius 2 is 2.26 bits per heavy atom. The molecule has 1 aliphatic rings. The molecule has 3 N–H and O–H groups in total. The quantitative estimate of drug-likeness (QED) is 0.631. The summed E-state index contributed by atoms with van der Waals surface area (Å²) in [5, 5.41) is 4.25. The Balaban J connectivity index is 2.28. The number of hydrazine groups is 1. The minimum atomic E-state index is -0.205. The molecule has 1 saturated carbocycles. The molecule has 1 unspecified atom stereocenters. The molecule has 0 spiro atoms. The van der Waals surface area contributed by atoms with E-state index < -0.39 is 0 Å². The first kappa shape index (κ1) is 14.5. The predicted molar refractivity (Wildman–Crippen MR) is 75.3 cm³/mol. The summed E-state index contributed by atoms with van der Waals surface area (Å²) in [4.78, 5) is 0. The normalized spacial score (nSPS) is 29.4. The number of hydrogen-bond donors (Lipinski definition) is 2. The highest BCUT2D eigenvalue weighted by Crippen LogP contribution is 2.42. The summed E-state index contributed by atoms with van der Waals surface area (Å²) in [6.45, 7) is 5.08. The zero-order valence-corrected chi connectivity index (χ0v) is 12.2. The average Bonchev–Trinajstić information content (AvgIpc) is 2.81. The van der Waals surface area contributed by atoms with Crippen molar-refractivity contribution in [2.45, 2.75) is 51.2 Å². The summed E-state index contributed by atoms with van der Waals surface area (Å²) < 4.78 is 8.05. The number of nitrogens with one attached hydrogen (secondary N) is 1. The Labute approximate surface area is 115 Å². The molecule has 2 rings (SSSR count). The van der Waals surface area contributed by atoms with Gasteiger partial charge in [-0.05, 0) is 44.6 Å². The third-order valence-corrected chi connectivity index (χ3v) is 4.40. The first-order valence-corrected chi connectivity index (χ1v) is 7.21. The molecular weight excluding hydrogens is 240 g/mol. The lowest BCUT2D eigenvalue weighted by atomic mass is 9.74. The highest BCUT2D eigenvalue weighted by molar-refractivity contribution is 5.14. The first-order valence-electron chi connectivity index (χ1n) is 7.21. The van der Waals surface area contributed by atoms with Gasteiger partial charge in [-0.25, -0.2) is 5.43 Å². The lowest BCUT2D eigenvalue weighted by molar-refractivity contribution is -0.0991. The summed E-state index contributed by atoms with van der Waals surface area (Å²) in [5.74, 6) is 6.62. The Morgan fingerprint density at radius 3 is 2.74 bits per heavy atom. The molecule has 1 aliphatic carbocycles. The van der Waals surface area contributed by atoms with Crippen LogP contribution in [0.25, 0.3) is 0 Å². The van der Waals surface area contributed by atoms with Gasteiger partial charge in [0, 0.05) is 19.9 Å². The monoisotopic (exact) mass is 266 g/mol. The van der Waals surface area contributed by atoms with Crippen LogP contribution in [0.5, 0.6) is 0 Å². The largest absolute Gasteiger partial charge is 0.373 e. The zero-order valence-electron chi connectivity index (χ0n) is 12.2. The molecule has 1 fully saturated rings. The van der Waals surface area contributed by atoms with E-state index in [1.54, 1.807) is 0 Å². The van der Waals surface area contributed by atoms with Gasteiger partial charge in [0.25, 0.3) is 0 Å². The van der Waals surface area contributed by atoms with Crippen LogP contribution < -0.4 is 11.3 Å². The summed E-state index contributed by atoms with van der Waals surface area (Å²) in [6.07, 6.45) is 6.28. The molecule has 0 aliphatic heterocycles. The third-order valence-electron chi connectivity index (χ3n) is 4.40. The lowest BCUT2D eigenvalue weighted by Crippen LogP contribution is -2.51. The molecule has 0 amide bonds. The molecule has 5 heteroatoms. The van der Waals surface area contributed by atoms with Gasteiger partial charge in [-0.15, -0.1) is 0 Å². The summed E-state index contributed by atoms with van der Waals surface area (Å²) in [6, 6.07) is 2.01. The van der Waals surface area contributed by atoms with E-state index in [2.05, 4.69) is 24.4 Å². The van der Waals surface area contributed by atoms with E-state index in [4.69, 9.17) is 10.6 Å². The zero-order chi connectivity index (χ0) is 13.9. The van der Waals surface area contributed by atoms with Crippen molar-refractivity contribution >= 4 is 0 Å². The maximum atomic E-state index is 6.17. The molecule has 1 heterocycles. The SMILES string of the molecule is CCOC1(C(NN)c2ccnn2C)CCC(C)CC1. The van der Waals surface area contributed by atoms with Crippen LogP contribution in [0.2, 0.25) is 0 Å². The molecule has 1 atom stereocenters. The van der Waals surface area contributed by atoms with Crippen LogP contribution in [0.3, 0.4) is 0 Å². The van der Waals surface area contributed by atoms with Gasteiger partial charge in [0.2, 0.25) is 0 Å². The maximum absolute atomic E-state index is 6.17. The molecule has 0 bridgehead atoms. The average molecular weight is 266 g/mol. The van der Waals surface area contributed by atoms with E-state index in [9.17, 15) is 0 Å². The second-order valence-electron chi connectivity index (χ2n) is 5.66. The summed E-state index contributed by atoms with van der Waals surface area (Å²) in [7, 11) is 1.95. The third kappa shape index (κ3) is 2.83. The Bertz CT molecular complexity index is 396. The van der Waals surface area contributed by atoms with Gasteiger partial charge >= 0.3 is 0 Å². The van der Waals surface area contributed by atoms with Gasteiger partial charge in [0.15, 0.2) is 0 Å². The number of hydrogen-bond acceptors (Lipinski definition) is 4. The molecule has 0 aromatic carbocycles. The van der Waals surface area contributed by atoms with Crippen LogP contribution in [-0.4, -0.2) is 22.0 Å². The maximum Gasteiger partial charge on any atom is 0.0918 e. The van der Waals surface area contributed by atoms with Gasteiger partial charge in [-0.2, -0.15) is 5.10 Å². The van der Waals surface area contributed by atoms with Crippen LogP contribution >= 0.6 is 0 Å². The van der Waals surface area contributed by atoms with Crippen LogP contribution in [0, 0.1) is 5.92 Å². The minimum absolute atomic E-state index is 0.00699. The molecule has 1 aromatic heterocycles. The number of nitrogens with zero attached hydrogens (tertiary/aromatic N) is 2. The summed E-state index contributed by atoms with van der Waals surface area (Å²) in [5.41, 5.74) is 3.85. The van der Waals surface area contributed by atoms with Crippen molar-refractivity contribution in [1.82, 2.24) is 15.2 Å². The van der Waals surface area contributed by atoms with Crippen molar-refractivity contribution < 1.29 is 4.74 Å². The molecule has 0 radical (unpaired) electrons. The van der Waals surface area contributed by atoms with Crippen LogP contribution in [0.15, 0.2) is 12.3 Å². The molecular formula is C14H26N4O. The van der Waals surface area contributed by atoms with Crippen molar-refractivity contribution in [3.05, 3.63) is 18.0 Å². The van der Waals surface area contributed by atoms with Gasteiger partial charge < -0.3 is 4.74 Å². The number of aromatic nitrogens is 2. The Hall–Kier alpha value is -0.910. The van der Waals surface area contributed by atoms with Gasteiger partial charge in [0.05, 0.1) is 17.3 Å². The van der Waals surface area contributed by atoms with E-state index in [-0.39, 0.29) is 11.6 Å². The van der Waals surface area contributed by atoms with E-state index in [1.165, 1.54) is 12.8 Å². The molecule has 19 heavy (non-hydrogen) atoms. The smallest absolute Gasteiger partial charge is 0.0918 e. The van der Waals surface area contributed by atoms with Crippen LogP contribution in [0.4, 0.5) is 0 Å². The highest BCUT2D eigenvalue weighted by atomic mass is 16.5. The van der Waals surface area contributed by atoms with E-state index in [0.717, 1.165) is 24.5 Å². The number of aryl methyl sites for hydroxylation is 1. The number of nitrogens with two attached hydrogens (primary N) is 1. The predicted octanol–water partition coefficient (Wildman–Crippen LogP) is 1.91. The molecule has 108 valence electrons. The van der Waals surface area contributed by atoms with E-state index >= 15 is 0 Å². The second kappa shape index (κ2) is 6.03. The second-order valence-corrected chi connectivity index (χ2v) is 5.66. The Kier molecular flexibility index (Phi) is 4.60. The van der Waals surface area contributed by atoms with Crippen LogP contribution in [0.1, 0.15) is 51.3 Å². The van der Waals surface area contributed by atoms with Crippen molar-refractivity contribution in [2.24, 2.45) is 18.8 Å². The van der Waals surface area contributed by atoms with Crippen LogP contribution in [-0.2, 0) is 11.8 Å². The van der Waals surface area contributed by atoms with E-state index in [1.807, 2.05) is 24.0 Å². The van der Waals surface area contributed by atoms with Crippen molar-refractivity contribution in [1.29, 1.82) is 0 Å². The first-order chi connectivity index (χ1) is 9.13. The standard InChI is InChI=1S/C14H26N4O/c1-4-19-14(8-5-11(2)6-9-14)13(17-15)12-7-10-16-18(12)3/h7,10-11,13,17H,4-6,8-9,15H2,1-3H3. The fraction of sp³-hybridized carbons (Fsp3) is 0.786.